The molecule has 5 nitrogen and oxygen atoms in total. The number of nitrogens with zero attached hydrogens (tertiary/aromatic N) is 3. The van der Waals surface area contributed by atoms with Crippen molar-refractivity contribution < 1.29 is 4.79 Å². The van der Waals surface area contributed by atoms with Crippen LogP contribution < -0.4 is 10.2 Å². The largest absolute Gasteiger partial charge is 0.335 e. The lowest BCUT2D eigenvalue weighted by Crippen LogP contribution is -2.42. The maximum Gasteiger partial charge on any atom is 0.323 e. The molecule has 1 aromatic heterocycles. The van der Waals surface area contributed by atoms with Crippen molar-refractivity contribution in [2.75, 3.05) is 4.90 Å². The van der Waals surface area contributed by atoms with Gasteiger partial charge in [-0.1, -0.05) is 37.8 Å². The van der Waals surface area contributed by atoms with E-state index in [1.165, 1.54) is 25.7 Å². The van der Waals surface area contributed by atoms with Crippen LogP contribution >= 0.6 is 11.3 Å². The van der Waals surface area contributed by atoms with Crippen molar-refractivity contribution in [3.8, 4) is 6.07 Å². The van der Waals surface area contributed by atoms with Gasteiger partial charge in [-0.3, -0.25) is 4.90 Å². The molecule has 0 saturated heterocycles. The van der Waals surface area contributed by atoms with E-state index in [1.807, 2.05) is 39.0 Å². The molecule has 0 unspecified atom stereocenters. The van der Waals surface area contributed by atoms with Crippen LogP contribution in [0, 0.1) is 24.2 Å². The summed E-state index contributed by atoms with van der Waals surface area (Å²) in [5.41, 5.74) is 2.43. The lowest BCUT2D eigenvalue weighted by atomic mass is 10.1. The van der Waals surface area contributed by atoms with Gasteiger partial charge in [0.15, 0.2) is 0 Å². The number of amides is 2. The Morgan fingerprint density at radius 2 is 2.14 bits per heavy atom. The predicted octanol–water partition coefficient (Wildman–Crippen LogP) is 5.18. The molecule has 1 saturated carbocycles. The summed E-state index contributed by atoms with van der Waals surface area (Å²) in [7, 11) is 0. The van der Waals surface area contributed by atoms with Gasteiger partial charge in [-0.25, -0.2) is 9.78 Å². The normalized spacial score (nSPS) is 14.2. The summed E-state index contributed by atoms with van der Waals surface area (Å²) in [6.45, 7) is 6.31. The first-order valence-electron chi connectivity index (χ1n) is 9.99. The second kappa shape index (κ2) is 9.20. The van der Waals surface area contributed by atoms with Crippen LogP contribution in [-0.4, -0.2) is 17.1 Å². The summed E-state index contributed by atoms with van der Waals surface area (Å²) >= 11 is 1.63. The molecule has 0 radical (unpaired) electrons. The number of hydrogen-bond acceptors (Lipinski definition) is 4. The summed E-state index contributed by atoms with van der Waals surface area (Å²) in [6.07, 6.45) is 6.22. The summed E-state index contributed by atoms with van der Waals surface area (Å²) < 4.78 is 0. The maximum atomic E-state index is 12.9. The van der Waals surface area contributed by atoms with Crippen molar-refractivity contribution in [2.24, 2.45) is 5.92 Å². The molecule has 6 heteroatoms. The number of nitriles is 1. The van der Waals surface area contributed by atoms with Crippen molar-refractivity contribution in [2.45, 2.75) is 65.5 Å². The molecule has 2 amide bonds. The van der Waals surface area contributed by atoms with Crippen LogP contribution in [0.1, 0.15) is 61.4 Å². The number of benzene rings is 1. The van der Waals surface area contributed by atoms with Gasteiger partial charge in [0, 0.05) is 12.5 Å². The minimum atomic E-state index is -0.128. The second-order valence-corrected chi connectivity index (χ2v) is 8.92. The zero-order valence-electron chi connectivity index (χ0n) is 16.9. The Balaban J connectivity index is 1.86. The zero-order chi connectivity index (χ0) is 20.1. The SMILES string of the molecule is Cc1nc(CC2CCCC2)sc1N(Cc1cccc(C#N)c1)C(=O)NC(C)C. The third-order valence-electron chi connectivity index (χ3n) is 5.05. The minimum absolute atomic E-state index is 0.0478. The van der Waals surface area contributed by atoms with E-state index >= 15 is 0 Å². The molecule has 0 bridgehead atoms. The summed E-state index contributed by atoms with van der Waals surface area (Å²) in [5, 5.41) is 14.2. The highest BCUT2D eigenvalue weighted by Gasteiger charge is 2.24. The molecule has 1 aliphatic carbocycles. The first kappa shape index (κ1) is 20.3. The molecule has 1 aliphatic rings. The summed E-state index contributed by atoms with van der Waals surface area (Å²) in [5.74, 6) is 0.726. The van der Waals surface area contributed by atoms with Gasteiger partial charge in [0.1, 0.15) is 5.00 Å². The third kappa shape index (κ3) is 5.11. The van der Waals surface area contributed by atoms with Crippen LogP contribution in [0.3, 0.4) is 0 Å². The van der Waals surface area contributed by atoms with E-state index in [2.05, 4.69) is 11.4 Å². The number of aromatic nitrogens is 1. The molecule has 1 heterocycles. The van der Waals surface area contributed by atoms with Gasteiger partial charge >= 0.3 is 6.03 Å². The molecule has 0 spiro atoms. The molecule has 28 heavy (non-hydrogen) atoms. The van der Waals surface area contributed by atoms with Gasteiger partial charge in [-0.05, 0) is 44.4 Å². The van der Waals surface area contributed by atoms with E-state index in [4.69, 9.17) is 4.98 Å². The lowest BCUT2D eigenvalue weighted by Gasteiger charge is -2.23. The first-order valence-corrected chi connectivity index (χ1v) is 10.8. The van der Waals surface area contributed by atoms with E-state index in [0.717, 1.165) is 33.6 Å². The number of aryl methyl sites for hydroxylation is 1. The molecular weight excluding hydrogens is 368 g/mol. The molecule has 1 fully saturated rings. The number of anilines is 1. The molecule has 1 aromatic carbocycles. The summed E-state index contributed by atoms with van der Waals surface area (Å²) in [6, 6.07) is 9.51. The smallest absolute Gasteiger partial charge is 0.323 e. The monoisotopic (exact) mass is 396 g/mol. The lowest BCUT2D eigenvalue weighted by molar-refractivity contribution is 0.244. The Labute approximate surface area is 171 Å². The van der Waals surface area contributed by atoms with E-state index in [1.54, 1.807) is 22.3 Å². The van der Waals surface area contributed by atoms with Crippen LogP contribution in [0.15, 0.2) is 24.3 Å². The standard InChI is InChI=1S/C22H28N4OS/c1-15(2)24-22(27)26(14-19-10-6-9-18(11-19)13-23)21-16(3)25-20(28-21)12-17-7-4-5-8-17/h6,9-11,15,17H,4-5,7-8,12,14H2,1-3H3,(H,24,27). The van der Waals surface area contributed by atoms with Crippen molar-refractivity contribution in [1.29, 1.82) is 5.26 Å². The average molecular weight is 397 g/mol. The summed E-state index contributed by atoms with van der Waals surface area (Å²) in [4.78, 5) is 19.5. The van der Waals surface area contributed by atoms with E-state index < -0.39 is 0 Å². The van der Waals surface area contributed by atoms with Crippen molar-refractivity contribution >= 4 is 22.4 Å². The number of carbonyl (C=O) groups is 1. The number of carbonyl (C=O) groups excluding carboxylic acids is 1. The second-order valence-electron chi connectivity index (χ2n) is 7.86. The van der Waals surface area contributed by atoms with Crippen molar-refractivity contribution in [3.63, 3.8) is 0 Å². The number of urea groups is 1. The minimum Gasteiger partial charge on any atom is -0.335 e. The number of hydrogen-bond donors (Lipinski definition) is 1. The van der Waals surface area contributed by atoms with Crippen LogP contribution in [0.4, 0.5) is 9.80 Å². The van der Waals surface area contributed by atoms with Crippen LogP contribution in [0.25, 0.3) is 0 Å². The predicted molar refractivity (Wildman–Crippen MR) is 114 cm³/mol. The van der Waals surface area contributed by atoms with E-state index in [-0.39, 0.29) is 12.1 Å². The Morgan fingerprint density at radius 3 is 2.82 bits per heavy atom. The highest BCUT2D eigenvalue weighted by molar-refractivity contribution is 7.16. The molecule has 2 aromatic rings. The average Bonchev–Trinajstić information content (AvgIpc) is 3.29. The quantitative estimate of drug-likeness (QED) is 0.731. The molecule has 3 rings (SSSR count). The van der Waals surface area contributed by atoms with Gasteiger partial charge in [0.05, 0.1) is 28.9 Å². The Bertz CT molecular complexity index is 862. The van der Waals surface area contributed by atoms with Crippen LogP contribution in [0.5, 0.6) is 0 Å². The van der Waals surface area contributed by atoms with Crippen molar-refractivity contribution in [3.05, 3.63) is 46.1 Å². The first-order chi connectivity index (χ1) is 13.5. The number of thiazole rings is 1. The van der Waals surface area contributed by atoms with Gasteiger partial charge in [-0.15, -0.1) is 11.3 Å². The fourth-order valence-corrected chi connectivity index (χ4v) is 4.90. The van der Waals surface area contributed by atoms with E-state index in [9.17, 15) is 10.1 Å². The van der Waals surface area contributed by atoms with Gasteiger partial charge in [0.25, 0.3) is 0 Å². The highest BCUT2D eigenvalue weighted by atomic mass is 32.1. The number of nitrogens with one attached hydrogen (secondary N) is 1. The molecule has 0 aliphatic heterocycles. The topological polar surface area (TPSA) is 69.0 Å². The molecular formula is C22H28N4OS. The van der Waals surface area contributed by atoms with Gasteiger partial charge in [-0.2, -0.15) is 5.26 Å². The maximum absolute atomic E-state index is 12.9. The van der Waals surface area contributed by atoms with Crippen LogP contribution in [0.2, 0.25) is 0 Å². The fourth-order valence-electron chi connectivity index (χ4n) is 3.72. The van der Waals surface area contributed by atoms with Gasteiger partial charge in [0.2, 0.25) is 0 Å². The zero-order valence-corrected chi connectivity index (χ0v) is 17.7. The van der Waals surface area contributed by atoms with Crippen molar-refractivity contribution in [1.82, 2.24) is 10.3 Å². The third-order valence-corrected chi connectivity index (χ3v) is 6.26. The molecule has 1 N–H and O–H groups in total. The van der Waals surface area contributed by atoms with E-state index in [0.29, 0.717) is 12.1 Å². The Kier molecular flexibility index (Phi) is 6.69. The fraction of sp³-hybridized carbons (Fsp3) is 0.500. The Hall–Kier alpha value is -2.39. The highest BCUT2D eigenvalue weighted by Crippen LogP contribution is 2.34. The Morgan fingerprint density at radius 1 is 1.39 bits per heavy atom. The molecule has 148 valence electrons. The van der Waals surface area contributed by atoms with Crippen LogP contribution in [-0.2, 0) is 13.0 Å². The molecule has 0 atom stereocenters. The number of rotatable bonds is 6. The van der Waals surface area contributed by atoms with Gasteiger partial charge < -0.3 is 5.32 Å².